The van der Waals surface area contributed by atoms with Gasteiger partial charge in [0.2, 0.25) is 17.6 Å². The Labute approximate surface area is 122 Å². The highest BCUT2D eigenvalue weighted by atomic mass is 16.5. The lowest BCUT2D eigenvalue weighted by Crippen LogP contribution is -2.27. The van der Waals surface area contributed by atoms with Gasteiger partial charge in [-0.1, -0.05) is 12.1 Å². The molecule has 2 heterocycles. The van der Waals surface area contributed by atoms with E-state index in [9.17, 15) is 9.90 Å². The summed E-state index contributed by atoms with van der Waals surface area (Å²) in [6.45, 7) is 2.37. The SMILES string of the molecule is CCC(O)CCNC(=O)CCc1nc(-c2ccco2)no1. The minimum atomic E-state index is -0.364. The van der Waals surface area contributed by atoms with Crippen molar-refractivity contribution in [2.24, 2.45) is 0 Å². The summed E-state index contributed by atoms with van der Waals surface area (Å²) in [5, 5.41) is 15.9. The number of carbonyl (C=O) groups excluding carboxylic acids is 1. The molecule has 7 heteroatoms. The second-order valence-corrected chi connectivity index (χ2v) is 4.69. The topological polar surface area (TPSA) is 101 Å². The minimum absolute atomic E-state index is 0.101. The number of hydrogen-bond acceptors (Lipinski definition) is 6. The number of hydrogen-bond donors (Lipinski definition) is 2. The number of rotatable bonds is 8. The molecule has 0 aliphatic heterocycles. The maximum absolute atomic E-state index is 11.6. The van der Waals surface area contributed by atoms with Gasteiger partial charge < -0.3 is 19.4 Å². The molecule has 1 atom stereocenters. The number of nitrogens with one attached hydrogen (secondary N) is 1. The van der Waals surface area contributed by atoms with Crippen LogP contribution in [0.25, 0.3) is 11.6 Å². The van der Waals surface area contributed by atoms with Gasteiger partial charge in [0.05, 0.1) is 12.4 Å². The number of nitrogens with zero attached hydrogens (tertiary/aromatic N) is 2. The van der Waals surface area contributed by atoms with E-state index in [1.54, 1.807) is 12.1 Å². The monoisotopic (exact) mass is 293 g/mol. The second-order valence-electron chi connectivity index (χ2n) is 4.69. The van der Waals surface area contributed by atoms with Gasteiger partial charge >= 0.3 is 0 Å². The van der Waals surface area contributed by atoms with Crippen LogP contribution >= 0.6 is 0 Å². The van der Waals surface area contributed by atoms with Crippen LogP contribution in [0.2, 0.25) is 0 Å². The molecular weight excluding hydrogens is 274 g/mol. The van der Waals surface area contributed by atoms with Crippen molar-refractivity contribution in [3.63, 3.8) is 0 Å². The molecule has 7 nitrogen and oxygen atoms in total. The van der Waals surface area contributed by atoms with E-state index >= 15 is 0 Å². The molecule has 1 amide bonds. The zero-order chi connectivity index (χ0) is 15.1. The van der Waals surface area contributed by atoms with Crippen LogP contribution in [-0.4, -0.2) is 33.8 Å². The van der Waals surface area contributed by atoms with Crippen molar-refractivity contribution < 1.29 is 18.8 Å². The molecule has 2 N–H and O–H groups in total. The maximum Gasteiger partial charge on any atom is 0.238 e. The number of carbonyl (C=O) groups is 1. The number of furan rings is 1. The average molecular weight is 293 g/mol. The standard InChI is InChI=1S/C14H19N3O4/c1-2-10(18)7-8-15-12(19)5-6-13-16-14(17-21-13)11-4-3-9-20-11/h3-4,9-10,18H,2,5-8H2,1H3,(H,15,19). The average Bonchev–Trinajstić information content (AvgIpc) is 3.15. The summed E-state index contributed by atoms with van der Waals surface area (Å²) in [6.07, 6.45) is 3.05. The van der Waals surface area contributed by atoms with E-state index in [0.29, 0.717) is 43.3 Å². The normalized spacial score (nSPS) is 12.3. The largest absolute Gasteiger partial charge is 0.461 e. The fourth-order valence-electron chi connectivity index (χ4n) is 1.75. The van der Waals surface area contributed by atoms with Gasteiger partial charge in [-0.05, 0) is 25.0 Å². The van der Waals surface area contributed by atoms with E-state index in [1.165, 1.54) is 6.26 Å². The first-order valence-electron chi connectivity index (χ1n) is 7.00. The van der Waals surface area contributed by atoms with E-state index in [-0.39, 0.29) is 18.4 Å². The Balaban J connectivity index is 1.72. The van der Waals surface area contributed by atoms with Crippen LogP contribution in [0.4, 0.5) is 0 Å². The zero-order valence-corrected chi connectivity index (χ0v) is 11.9. The van der Waals surface area contributed by atoms with Crippen molar-refractivity contribution >= 4 is 5.91 Å². The Morgan fingerprint density at radius 3 is 3.10 bits per heavy atom. The maximum atomic E-state index is 11.6. The summed E-state index contributed by atoms with van der Waals surface area (Å²) in [4.78, 5) is 15.8. The molecule has 0 saturated heterocycles. The van der Waals surface area contributed by atoms with Crippen molar-refractivity contribution in [2.45, 2.75) is 38.7 Å². The van der Waals surface area contributed by atoms with E-state index in [0.717, 1.165) is 0 Å². The Kier molecular flexibility index (Phi) is 5.51. The van der Waals surface area contributed by atoms with Crippen LogP contribution in [0.15, 0.2) is 27.3 Å². The van der Waals surface area contributed by atoms with E-state index in [4.69, 9.17) is 8.94 Å². The molecule has 2 rings (SSSR count). The predicted molar refractivity (Wildman–Crippen MR) is 74.2 cm³/mol. The molecule has 2 aromatic heterocycles. The van der Waals surface area contributed by atoms with Crippen molar-refractivity contribution in [2.75, 3.05) is 6.54 Å². The van der Waals surface area contributed by atoms with Crippen LogP contribution in [0.1, 0.15) is 32.1 Å². The Morgan fingerprint density at radius 2 is 2.38 bits per heavy atom. The molecule has 0 radical (unpaired) electrons. The lowest BCUT2D eigenvalue weighted by atomic mass is 10.2. The van der Waals surface area contributed by atoms with E-state index in [1.807, 2.05) is 6.92 Å². The number of amides is 1. The van der Waals surface area contributed by atoms with Crippen LogP contribution < -0.4 is 5.32 Å². The quantitative estimate of drug-likeness (QED) is 0.765. The number of aliphatic hydroxyl groups excluding tert-OH is 1. The van der Waals surface area contributed by atoms with Crippen molar-refractivity contribution in [3.05, 3.63) is 24.3 Å². The van der Waals surface area contributed by atoms with Gasteiger partial charge in [0, 0.05) is 19.4 Å². The van der Waals surface area contributed by atoms with Crippen LogP contribution in [0.3, 0.4) is 0 Å². The zero-order valence-electron chi connectivity index (χ0n) is 11.9. The van der Waals surface area contributed by atoms with E-state index < -0.39 is 0 Å². The highest BCUT2D eigenvalue weighted by molar-refractivity contribution is 5.75. The fraction of sp³-hybridized carbons (Fsp3) is 0.500. The van der Waals surface area contributed by atoms with Gasteiger partial charge in [-0.25, -0.2) is 0 Å². The Bertz CT molecular complexity index is 550. The molecule has 0 bridgehead atoms. The van der Waals surface area contributed by atoms with Crippen molar-refractivity contribution in [1.82, 2.24) is 15.5 Å². The van der Waals surface area contributed by atoms with Gasteiger partial charge in [-0.2, -0.15) is 4.98 Å². The smallest absolute Gasteiger partial charge is 0.238 e. The summed E-state index contributed by atoms with van der Waals surface area (Å²) in [5.41, 5.74) is 0. The van der Waals surface area contributed by atoms with Gasteiger partial charge in [0.25, 0.3) is 0 Å². The van der Waals surface area contributed by atoms with Gasteiger partial charge in [-0.15, -0.1) is 0 Å². The first kappa shape index (κ1) is 15.2. The first-order chi connectivity index (χ1) is 10.2. The van der Waals surface area contributed by atoms with Gasteiger partial charge in [0.15, 0.2) is 5.76 Å². The third kappa shape index (κ3) is 4.71. The van der Waals surface area contributed by atoms with E-state index in [2.05, 4.69) is 15.5 Å². The molecule has 21 heavy (non-hydrogen) atoms. The first-order valence-corrected chi connectivity index (χ1v) is 7.00. The molecule has 2 aromatic rings. The third-order valence-electron chi connectivity index (χ3n) is 3.05. The lowest BCUT2D eigenvalue weighted by molar-refractivity contribution is -0.121. The van der Waals surface area contributed by atoms with Crippen LogP contribution in [0.5, 0.6) is 0 Å². The molecule has 0 aliphatic carbocycles. The highest BCUT2D eigenvalue weighted by Crippen LogP contribution is 2.16. The van der Waals surface area contributed by atoms with Crippen LogP contribution in [-0.2, 0) is 11.2 Å². The summed E-state index contributed by atoms with van der Waals surface area (Å²) in [7, 11) is 0. The highest BCUT2D eigenvalue weighted by Gasteiger charge is 2.12. The number of aliphatic hydroxyl groups is 1. The summed E-state index contributed by atoms with van der Waals surface area (Å²) >= 11 is 0. The molecule has 1 unspecified atom stereocenters. The summed E-state index contributed by atoms with van der Waals surface area (Å²) in [6, 6.07) is 3.48. The lowest BCUT2D eigenvalue weighted by Gasteiger charge is -2.08. The van der Waals surface area contributed by atoms with Gasteiger partial charge in [-0.3, -0.25) is 4.79 Å². The second kappa shape index (κ2) is 7.58. The molecule has 0 fully saturated rings. The Hall–Kier alpha value is -2.15. The summed E-state index contributed by atoms with van der Waals surface area (Å²) in [5.74, 6) is 1.20. The number of aryl methyl sites for hydroxylation is 1. The molecule has 0 aliphatic rings. The molecular formula is C14H19N3O4. The summed E-state index contributed by atoms with van der Waals surface area (Å²) < 4.78 is 10.2. The molecule has 0 spiro atoms. The van der Waals surface area contributed by atoms with Crippen LogP contribution in [0, 0.1) is 0 Å². The fourth-order valence-corrected chi connectivity index (χ4v) is 1.75. The van der Waals surface area contributed by atoms with Crippen molar-refractivity contribution in [1.29, 1.82) is 0 Å². The third-order valence-corrected chi connectivity index (χ3v) is 3.05. The number of aromatic nitrogens is 2. The molecule has 0 aromatic carbocycles. The van der Waals surface area contributed by atoms with Gasteiger partial charge in [0.1, 0.15) is 0 Å². The Morgan fingerprint density at radius 1 is 1.52 bits per heavy atom. The molecule has 114 valence electrons. The minimum Gasteiger partial charge on any atom is -0.461 e. The molecule has 0 saturated carbocycles. The predicted octanol–water partition coefficient (Wildman–Crippen LogP) is 1.54. The van der Waals surface area contributed by atoms with Crippen molar-refractivity contribution in [3.8, 4) is 11.6 Å².